The molecule has 2 fully saturated rings. The monoisotopic (exact) mass is 396 g/mol. The number of amides is 3. The quantitative estimate of drug-likeness (QED) is 0.793. The van der Waals surface area contributed by atoms with Gasteiger partial charge in [0.1, 0.15) is 5.76 Å². The van der Waals surface area contributed by atoms with E-state index < -0.39 is 0 Å². The molecule has 0 spiro atoms. The van der Waals surface area contributed by atoms with Crippen molar-refractivity contribution in [3.05, 3.63) is 53.4 Å². The molecule has 4 rings (SSSR count). The fourth-order valence-corrected chi connectivity index (χ4v) is 3.96. The molecule has 0 saturated carbocycles. The van der Waals surface area contributed by atoms with Gasteiger partial charge in [0.05, 0.1) is 0 Å². The van der Waals surface area contributed by atoms with Gasteiger partial charge in [0.25, 0.3) is 11.8 Å². The normalized spacial score (nSPS) is 17.6. The average Bonchev–Trinajstić information content (AvgIpc) is 3.42. The van der Waals surface area contributed by atoms with E-state index in [9.17, 15) is 14.4 Å². The number of carbonyl (C=O) groups excluding carboxylic acids is 3. The van der Waals surface area contributed by atoms with E-state index in [-0.39, 0.29) is 29.3 Å². The van der Waals surface area contributed by atoms with Crippen LogP contribution in [-0.4, -0.2) is 64.0 Å². The minimum absolute atomic E-state index is 0.00382. The zero-order valence-corrected chi connectivity index (χ0v) is 16.4. The first-order chi connectivity index (χ1) is 14.0. The molecule has 0 bridgehead atoms. The van der Waals surface area contributed by atoms with Crippen molar-refractivity contribution < 1.29 is 18.9 Å². The van der Waals surface area contributed by atoms with E-state index in [1.54, 1.807) is 35.0 Å². The molecule has 2 aliphatic heterocycles. The standard InChI is InChI=1S/C21H24N4O4/c1-15-14-18(22-29-15)21(28)25-11-5-10-24(25)20(27)17-8-12-23(13-9-17)19(26)16-6-3-2-4-7-16/h2-4,6-7,14,17H,5,8-13H2,1H3. The van der Waals surface area contributed by atoms with Crippen molar-refractivity contribution in [3.63, 3.8) is 0 Å². The van der Waals surface area contributed by atoms with Crippen molar-refractivity contribution >= 4 is 17.7 Å². The van der Waals surface area contributed by atoms with Gasteiger partial charge in [0, 0.05) is 43.7 Å². The molecule has 0 aliphatic carbocycles. The Morgan fingerprint density at radius 1 is 0.966 bits per heavy atom. The number of aromatic nitrogens is 1. The van der Waals surface area contributed by atoms with E-state index in [2.05, 4.69) is 5.16 Å². The minimum atomic E-state index is -0.315. The van der Waals surface area contributed by atoms with Crippen molar-refractivity contribution in [2.75, 3.05) is 26.2 Å². The SMILES string of the molecule is Cc1cc(C(=O)N2CCCN2C(=O)C2CCN(C(=O)c3ccccc3)CC2)no1. The molecule has 8 nitrogen and oxygen atoms in total. The van der Waals surface area contributed by atoms with Crippen LogP contribution in [0.3, 0.4) is 0 Å². The molecule has 0 unspecified atom stereocenters. The van der Waals surface area contributed by atoms with Crippen LogP contribution >= 0.6 is 0 Å². The van der Waals surface area contributed by atoms with Crippen molar-refractivity contribution in [2.24, 2.45) is 5.92 Å². The summed E-state index contributed by atoms with van der Waals surface area (Å²) < 4.78 is 4.99. The van der Waals surface area contributed by atoms with Gasteiger partial charge in [0.2, 0.25) is 5.91 Å². The Labute approximate surface area is 169 Å². The highest BCUT2D eigenvalue weighted by molar-refractivity contribution is 5.95. The van der Waals surface area contributed by atoms with Crippen LogP contribution in [0.25, 0.3) is 0 Å². The Morgan fingerprint density at radius 3 is 2.31 bits per heavy atom. The van der Waals surface area contributed by atoms with E-state index in [4.69, 9.17) is 4.52 Å². The Balaban J connectivity index is 1.37. The van der Waals surface area contributed by atoms with Gasteiger partial charge in [-0.15, -0.1) is 0 Å². The van der Waals surface area contributed by atoms with E-state index in [1.807, 2.05) is 18.2 Å². The molecule has 2 saturated heterocycles. The van der Waals surface area contributed by atoms with Crippen LogP contribution in [0, 0.1) is 12.8 Å². The topological polar surface area (TPSA) is 87.0 Å². The summed E-state index contributed by atoms with van der Waals surface area (Å²) >= 11 is 0. The van der Waals surface area contributed by atoms with Crippen LogP contribution in [0.5, 0.6) is 0 Å². The highest BCUT2D eigenvalue weighted by Gasteiger charge is 2.37. The van der Waals surface area contributed by atoms with Crippen LogP contribution < -0.4 is 0 Å². The molecule has 8 heteroatoms. The molecule has 3 heterocycles. The molecular formula is C21H24N4O4. The summed E-state index contributed by atoms with van der Waals surface area (Å²) in [4.78, 5) is 40.2. The smallest absolute Gasteiger partial charge is 0.294 e. The molecule has 2 aromatic rings. The van der Waals surface area contributed by atoms with Gasteiger partial charge >= 0.3 is 0 Å². The number of hydrogen-bond donors (Lipinski definition) is 0. The summed E-state index contributed by atoms with van der Waals surface area (Å²) in [5, 5.41) is 6.80. The van der Waals surface area contributed by atoms with Gasteiger partial charge in [-0.1, -0.05) is 23.4 Å². The maximum absolute atomic E-state index is 13.1. The summed E-state index contributed by atoms with van der Waals surface area (Å²) in [6.45, 7) is 3.80. The highest BCUT2D eigenvalue weighted by Crippen LogP contribution is 2.25. The summed E-state index contributed by atoms with van der Waals surface area (Å²) in [5.41, 5.74) is 0.877. The third-order valence-corrected chi connectivity index (χ3v) is 5.52. The number of benzene rings is 1. The number of hydrogen-bond acceptors (Lipinski definition) is 5. The molecule has 0 atom stereocenters. The van der Waals surface area contributed by atoms with Crippen LogP contribution in [0.1, 0.15) is 45.9 Å². The second-order valence-electron chi connectivity index (χ2n) is 7.50. The van der Waals surface area contributed by atoms with Crippen molar-refractivity contribution in [1.82, 2.24) is 20.1 Å². The first kappa shape index (κ1) is 19.2. The Morgan fingerprint density at radius 2 is 1.66 bits per heavy atom. The van der Waals surface area contributed by atoms with Gasteiger partial charge < -0.3 is 9.42 Å². The van der Waals surface area contributed by atoms with Crippen molar-refractivity contribution in [3.8, 4) is 0 Å². The molecule has 3 amide bonds. The van der Waals surface area contributed by atoms with Crippen LogP contribution in [0.15, 0.2) is 40.9 Å². The minimum Gasteiger partial charge on any atom is -0.361 e. The fourth-order valence-electron chi connectivity index (χ4n) is 3.96. The summed E-state index contributed by atoms with van der Waals surface area (Å²) in [7, 11) is 0. The molecular weight excluding hydrogens is 372 g/mol. The molecule has 0 radical (unpaired) electrons. The molecule has 2 aliphatic rings. The lowest BCUT2D eigenvalue weighted by molar-refractivity contribution is -0.146. The fraction of sp³-hybridized carbons (Fsp3) is 0.429. The van der Waals surface area contributed by atoms with Gasteiger partial charge in [-0.2, -0.15) is 0 Å². The zero-order chi connectivity index (χ0) is 20.4. The second-order valence-corrected chi connectivity index (χ2v) is 7.50. The summed E-state index contributed by atoms with van der Waals surface area (Å²) in [6.07, 6.45) is 1.93. The van der Waals surface area contributed by atoms with Crippen molar-refractivity contribution in [2.45, 2.75) is 26.2 Å². The number of piperidine rings is 1. The Bertz CT molecular complexity index is 902. The van der Waals surface area contributed by atoms with Gasteiger partial charge in [-0.25, -0.2) is 5.01 Å². The van der Waals surface area contributed by atoms with Crippen LogP contribution in [0.2, 0.25) is 0 Å². The van der Waals surface area contributed by atoms with Crippen LogP contribution in [0.4, 0.5) is 0 Å². The number of hydrazine groups is 1. The van der Waals surface area contributed by atoms with Crippen molar-refractivity contribution in [1.29, 1.82) is 0 Å². The molecule has 0 N–H and O–H groups in total. The second kappa shape index (κ2) is 8.06. The third-order valence-electron chi connectivity index (χ3n) is 5.52. The highest BCUT2D eigenvalue weighted by atomic mass is 16.5. The molecule has 29 heavy (non-hydrogen) atoms. The van der Waals surface area contributed by atoms with E-state index in [1.165, 1.54) is 5.01 Å². The third kappa shape index (κ3) is 3.87. The van der Waals surface area contributed by atoms with Gasteiger partial charge in [-0.3, -0.25) is 19.4 Å². The largest absolute Gasteiger partial charge is 0.361 e. The molecule has 1 aromatic carbocycles. The zero-order valence-electron chi connectivity index (χ0n) is 16.4. The predicted octanol–water partition coefficient (Wildman–Crippen LogP) is 2.12. The number of carbonyl (C=O) groups is 3. The lowest BCUT2D eigenvalue weighted by atomic mass is 9.95. The van der Waals surface area contributed by atoms with E-state index in [0.29, 0.717) is 50.3 Å². The van der Waals surface area contributed by atoms with E-state index in [0.717, 1.165) is 6.42 Å². The lowest BCUT2D eigenvalue weighted by Gasteiger charge is -2.35. The Hall–Kier alpha value is -3.16. The van der Waals surface area contributed by atoms with E-state index >= 15 is 0 Å². The lowest BCUT2D eigenvalue weighted by Crippen LogP contribution is -2.50. The number of rotatable bonds is 3. The maximum Gasteiger partial charge on any atom is 0.294 e. The number of likely N-dealkylation sites (tertiary alicyclic amines) is 1. The maximum atomic E-state index is 13.1. The predicted molar refractivity (Wildman–Crippen MR) is 104 cm³/mol. The first-order valence-corrected chi connectivity index (χ1v) is 9.95. The summed E-state index contributed by atoms with van der Waals surface area (Å²) in [6, 6.07) is 10.8. The number of aryl methyl sites for hydroxylation is 1. The Kier molecular flexibility index (Phi) is 5.33. The number of nitrogens with zero attached hydrogens (tertiary/aromatic N) is 4. The van der Waals surface area contributed by atoms with Crippen LogP contribution in [-0.2, 0) is 4.79 Å². The summed E-state index contributed by atoms with van der Waals surface area (Å²) in [5.74, 6) is -0.00806. The molecule has 1 aromatic heterocycles. The molecule has 152 valence electrons. The van der Waals surface area contributed by atoms with Gasteiger partial charge in [-0.05, 0) is 38.3 Å². The first-order valence-electron chi connectivity index (χ1n) is 9.95. The van der Waals surface area contributed by atoms with Gasteiger partial charge in [0.15, 0.2) is 5.69 Å². The average molecular weight is 396 g/mol.